The maximum absolute atomic E-state index is 11.2. The van der Waals surface area contributed by atoms with Gasteiger partial charge in [-0.3, -0.25) is 9.59 Å². The van der Waals surface area contributed by atoms with Crippen LogP contribution < -0.4 is 0 Å². The average Bonchev–Trinajstić information content (AvgIpc) is 2.58. The summed E-state index contributed by atoms with van der Waals surface area (Å²) in [4.78, 5) is 22.5. The molecular weight excluding hydrogens is 176 g/mol. The Morgan fingerprint density at radius 1 is 0.769 bits per heavy atom. The first-order chi connectivity index (χ1) is 6.27. The van der Waals surface area contributed by atoms with E-state index in [-0.39, 0.29) is 36.3 Å². The topological polar surface area (TPSA) is 65.1 Å². The van der Waals surface area contributed by atoms with Crippen LogP contribution in [0.2, 0.25) is 0 Å². The molecule has 0 radical (unpaired) electrons. The lowest BCUT2D eigenvalue weighted by Gasteiger charge is -2.09. The summed E-state index contributed by atoms with van der Waals surface area (Å²) in [5, 5.41) is 0. The highest BCUT2D eigenvalue weighted by Gasteiger charge is 2.75. The summed E-state index contributed by atoms with van der Waals surface area (Å²) < 4.78 is 15.3. The quantitative estimate of drug-likeness (QED) is 0.269. The number of ether oxygens (including phenoxy) is 3. The molecule has 68 valence electrons. The van der Waals surface area contributed by atoms with E-state index in [1.165, 1.54) is 0 Å². The van der Waals surface area contributed by atoms with E-state index in [9.17, 15) is 9.59 Å². The van der Waals surface area contributed by atoms with Crippen LogP contribution in [0.3, 0.4) is 0 Å². The summed E-state index contributed by atoms with van der Waals surface area (Å²) in [5.41, 5.74) is 0. The molecular formula is C8H6O5. The summed E-state index contributed by atoms with van der Waals surface area (Å²) in [6.07, 6.45) is -0.354. The maximum Gasteiger partial charge on any atom is 0.320 e. The average molecular weight is 182 g/mol. The van der Waals surface area contributed by atoms with Crippen LogP contribution in [0.4, 0.5) is 0 Å². The SMILES string of the molecule is O=C1OC(=O)[C@H]2C3OC([C@@H]12)[C@@H]1O[C@H]31. The van der Waals surface area contributed by atoms with Crippen molar-refractivity contribution in [3.63, 3.8) is 0 Å². The van der Waals surface area contributed by atoms with Gasteiger partial charge in [-0.15, -0.1) is 0 Å². The molecule has 6 atom stereocenters. The van der Waals surface area contributed by atoms with Crippen molar-refractivity contribution in [3.8, 4) is 0 Å². The molecule has 0 aromatic heterocycles. The minimum atomic E-state index is -0.434. The van der Waals surface area contributed by atoms with Crippen LogP contribution in [-0.2, 0) is 23.8 Å². The fraction of sp³-hybridized carbons (Fsp3) is 0.750. The summed E-state index contributed by atoms with van der Waals surface area (Å²) >= 11 is 0. The minimum Gasteiger partial charge on any atom is -0.393 e. The fourth-order valence-corrected chi connectivity index (χ4v) is 2.78. The third-order valence-corrected chi connectivity index (χ3v) is 3.36. The van der Waals surface area contributed by atoms with Crippen molar-refractivity contribution < 1.29 is 23.8 Å². The second-order valence-corrected chi connectivity index (χ2v) is 3.92. The lowest BCUT2D eigenvalue weighted by Crippen LogP contribution is -2.34. The molecule has 4 aliphatic heterocycles. The number of fused-ring (bicyclic) bond motifs is 8. The highest BCUT2D eigenvalue weighted by atomic mass is 16.7. The highest BCUT2D eigenvalue weighted by molar-refractivity contribution is 5.98. The monoisotopic (exact) mass is 182 g/mol. The molecule has 0 N–H and O–H groups in total. The Bertz CT molecular complexity index is 307. The van der Waals surface area contributed by atoms with Crippen LogP contribution in [0.5, 0.6) is 0 Å². The van der Waals surface area contributed by atoms with Gasteiger partial charge in [0.05, 0.1) is 0 Å². The third kappa shape index (κ3) is 0.538. The number of rotatable bonds is 0. The van der Waals surface area contributed by atoms with E-state index in [1.54, 1.807) is 0 Å². The molecule has 0 aromatic carbocycles. The normalized spacial score (nSPS) is 60.6. The molecule has 4 saturated heterocycles. The maximum atomic E-state index is 11.2. The number of hydrogen-bond donors (Lipinski definition) is 0. The van der Waals surface area contributed by atoms with Gasteiger partial charge in [-0.2, -0.15) is 0 Å². The standard InChI is InChI=1S/C8H6O5/c9-7-1-2(8(10)13-7)4-6-5(12-6)3(1)11-4/h1-6H/t1-,2+,3?,4?,5-,6+. The van der Waals surface area contributed by atoms with Gasteiger partial charge in [-0.25, -0.2) is 0 Å². The Balaban J connectivity index is 1.84. The second-order valence-electron chi connectivity index (χ2n) is 3.92. The molecule has 0 spiro atoms. The summed E-state index contributed by atoms with van der Waals surface area (Å²) in [6, 6.07) is 0. The third-order valence-electron chi connectivity index (χ3n) is 3.36. The number of hydrogen-bond acceptors (Lipinski definition) is 5. The fourth-order valence-electron chi connectivity index (χ4n) is 2.78. The molecule has 0 aliphatic carbocycles. The number of carbonyl (C=O) groups is 2. The van der Waals surface area contributed by atoms with Gasteiger partial charge in [0.15, 0.2) is 0 Å². The van der Waals surface area contributed by atoms with Crippen molar-refractivity contribution in [1.29, 1.82) is 0 Å². The molecule has 4 rings (SSSR count). The zero-order chi connectivity index (χ0) is 8.74. The largest absolute Gasteiger partial charge is 0.393 e. The summed E-state index contributed by atoms with van der Waals surface area (Å²) in [7, 11) is 0. The molecule has 0 aromatic rings. The number of epoxide rings is 1. The van der Waals surface area contributed by atoms with E-state index in [1.807, 2.05) is 0 Å². The van der Waals surface area contributed by atoms with Gasteiger partial charge in [0.25, 0.3) is 0 Å². The zero-order valence-corrected chi connectivity index (χ0v) is 6.51. The van der Waals surface area contributed by atoms with E-state index in [0.29, 0.717) is 0 Å². The summed E-state index contributed by atoms with van der Waals surface area (Å²) in [5.74, 6) is -1.64. The Labute approximate surface area is 72.9 Å². The predicted octanol–water partition coefficient (Wildman–Crippen LogP) is -1.15. The van der Waals surface area contributed by atoms with E-state index in [2.05, 4.69) is 4.74 Å². The molecule has 13 heavy (non-hydrogen) atoms. The van der Waals surface area contributed by atoms with Gasteiger partial charge in [0.1, 0.15) is 36.3 Å². The minimum absolute atomic E-state index is 0.0460. The van der Waals surface area contributed by atoms with Gasteiger partial charge < -0.3 is 14.2 Å². The molecule has 5 nitrogen and oxygen atoms in total. The Morgan fingerprint density at radius 3 is 1.77 bits per heavy atom. The molecule has 5 heteroatoms. The predicted molar refractivity (Wildman–Crippen MR) is 35.4 cm³/mol. The smallest absolute Gasteiger partial charge is 0.320 e. The van der Waals surface area contributed by atoms with Crippen molar-refractivity contribution in [2.24, 2.45) is 11.8 Å². The van der Waals surface area contributed by atoms with Gasteiger partial charge in [0, 0.05) is 0 Å². The first-order valence-electron chi connectivity index (χ1n) is 4.34. The number of cyclic esters (lactones) is 2. The Hall–Kier alpha value is -0.940. The lowest BCUT2D eigenvalue weighted by molar-refractivity contribution is -0.158. The summed E-state index contributed by atoms with van der Waals surface area (Å²) in [6.45, 7) is 0. The zero-order valence-electron chi connectivity index (χ0n) is 6.51. The lowest BCUT2D eigenvalue weighted by atomic mass is 9.81. The van der Waals surface area contributed by atoms with Crippen molar-refractivity contribution in [2.45, 2.75) is 24.4 Å². The van der Waals surface area contributed by atoms with E-state index < -0.39 is 11.9 Å². The number of carbonyl (C=O) groups excluding carboxylic acids is 2. The van der Waals surface area contributed by atoms with E-state index in [4.69, 9.17) is 9.47 Å². The van der Waals surface area contributed by atoms with Crippen LogP contribution in [-0.4, -0.2) is 36.4 Å². The molecule has 0 amide bonds. The van der Waals surface area contributed by atoms with Gasteiger partial charge in [-0.05, 0) is 0 Å². The van der Waals surface area contributed by atoms with E-state index >= 15 is 0 Å². The van der Waals surface area contributed by atoms with Crippen molar-refractivity contribution in [1.82, 2.24) is 0 Å². The van der Waals surface area contributed by atoms with Crippen LogP contribution in [0.1, 0.15) is 0 Å². The van der Waals surface area contributed by atoms with E-state index in [0.717, 1.165) is 0 Å². The molecule has 4 aliphatic rings. The van der Waals surface area contributed by atoms with Crippen molar-refractivity contribution in [2.75, 3.05) is 0 Å². The van der Waals surface area contributed by atoms with Crippen LogP contribution in [0, 0.1) is 11.8 Å². The molecule has 4 heterocycles. The Kier molecular flexibility index (Phi) is 0.825. The van der Waals surface area contributed by atoms with Crippen molar-refractivity contribution >= 4 is 11.9 Å². The van der Waals surface area contributed by atoms with Crippen LogP contribution in [0.25, 0.3) is 0 Å². The van der Waals surface area contributed by atoms with Gasteiger partial charge >= 0.3 is 11.9 Å². The highest BCUT2D eigenvalue weighted by Crippen LogP contribution is 2.56. The van der Waals surface area contributed by atoms with Gasteiger partial charge in [-0.1, -0.05) is 0 Å². The van der Waals surface area contributed by atoms with Crippen LogP contribution >= 0.6 is 0 Å². The number of esters is 2. The second kappa shape index (κ2) is 1.65. The molecule has 0 saturated carbocycles. The van der Waals surface area contributed by atoms with Crippen molar-refractivity contribution in [3.05, 3.63) is 0 Å². The molecule has 2 bridgehead atoms. The van der Waals surface area contributed by atoms with Crippen LogP contribution in [0.15, 0.2) is 0 Å². The molecule has 2 unspecified atom stereocenters. The van der Waals surface area contributed by atoms with Gasteiger partial charge in [0.2, 0.25) is 0 Å². The first kappa shape index (κ1) is 6.50. The first-order valence-corrected chi connectivity index (χ1v) is 4.34. The Morgan fingerprint density at radius 2 is 1.23 bits per heavy atom. The molecule has 4 fully saturated rings.